The monoisotopic (exact) mass is 432 g/mol. The van der Waals surface area contributed by atoms with Gasteiger partial charge in [-0.3, -0.25) is 29.5 Å². The molecule has 4 aromatic heterocycles. The molecule has 0 unspecified atom stereocenters. The summed E-state index contributed by atoms with van der Waals surface area (Å²) in [5.41, 5.74) is -1.41. The van der Waals surface area contributed by atoms with Crippen molar-refractivity contribution in [3.8, 4) is 34.0 Å². The van der Waals surface area contributed by atoms with Gasteiger partial charge in [0.25, 0.3) is 11.1 Å². The Kier molecular flexibility index (Phi) is 4.29. The molecule has 0 atom stereocenters. The number of nitrogens with one attached hydrogen (secondary N) is 5. The number of hydrogen-bond donors (Lipinski definition) is 5. The van der Waals surface area contributed by atoms with E-state index in [1.54, 1.807) is 53.4 Å². The van der Waals surface area contributed by atoms with E-state index in [4.69, 9.17) is 4.74 Å². The number of ether oxygens (including phenoxy) is 1. The van der Waals surface area contributed by atoms with Crippen LogP contribution in [0.4, 0.5) is 0 Å². The molecule has 4 heterocycles. The summed E-state index contributed by atoms with van der Waals surface area (Å²) in [5.74, 6) is 0.718. The molecule has 0 saturated carbocycles. The smallest absolute Gasteiger partial charge is 0.327 e. The van der Waals surface area contributed by atoms with E-state index in [2.05, 4.69) is 24.9 Å². The summed E-state index contributed by atoms with van der Waals surface area (Å²) < 4.78 is 6.86. The van der Waals surface area contributed by atoms with Crippen LogP contribution >= 0.6 is 0 Å². The number of aromatic amines is 5. The van der Waals surface area contributed by atoms with Gasteiger partial charge in [0.2, 0.25) is 0 Å². The lowest BCUT2D eigenvalue weighted by Crippen LogP contribution is -2.27. The second-order valence-electron chi connectivity index (χ2n) is 6.99. The lowest BCUT2D eigenvalue weighted by molar-refractivity contribution is 0.415. The molecule has 32 heavy (non-hydrogen) atoms. The van der Waals surface area contributed by atoms with Gasteiger partial charge in [0, 0.05) is 23.5 Å². The van der Waals surface area contributed by atoms with Crippen LogP contribution in [-0.4, -0.2) is 36.6 Å². The third kappa shape index (κ3) is 2.99. The van der Waals surface area contributed by atoms with Crippen LogP contribution in [-0.2, 0) is 0 Å². The zero-order valence-corrected chi connectivity index (χ0v) is 16.6. The fourth-order valence-electron chi connectivity index (χ4n) is 3.76. The van der Waals surface area contributed by atoms with Crippen LogP contribution in [0.1, 0.15) is 0 Å². The summed E-state index contributed by atoms with van der Waals surface area (Å²) in [6.45, 7) is 0. The van der Waals surface area contributed by atoms with Crippen molar-refractivity contribution in [2.24, 2.45) is 0 Å². The molecule has 0 saturated heterocycles. The number of benzene rings is 1. The lowest BCUT2D eigenvalue weighted by atomic mass is 10.00. The third-order valence-electron chi connectivity index (χ3n) is 5.09. The molecule has 160 valence electrons. The molecule has 0 fully saturated rings. The molecule has 0 bridgehead atoms. The third-order valence-corrected chi connectivity index (χ3v) is 5.09. The minimum absolute atomic E-state index is 0.0439. The first-order valence-corrected chi connectivity index (χ1v) is 9.49. The van der Waals surface area contributed by atoms with Crippen LogP contribution in [0.15, 0.2) is 68.0 Å². The van der Waals surface area contributed by atoms with Crippen LogP contribution < -0.4 is 27.2 Å². The van der Waals surface area contributed by atoms with E-state index in [0.717, 1.165) is 0 Å². The zero-order valence-electron chi connectivity index (χ0n) is 16.6. The van der Waals surface area contributed by atoms with Crippen molar-refractivity contribution < 1.29 is 4.74 Å². The predicted molar refractivity (Wildman–Crippen MR) is 118 cm³/mol. The highest BCUT2D eigenvalue weighted by molar-refractivity contribution is 6.03. The van der Waals surface area contributed by atoms with E-state index >= 15 is 0 Å². The Morgan fingerprint density at radius 3 is 2.25 bits per heavy atom. The van der Waals surface area contributed by atoms with E-state index < -0.39 is 22.5 Å². The molecular formula is C21H16N6O5. The van der Waals surface area contributed by atoms with Gasteiger partial charge in [-0.1, -0.05) is 12.1 Å². The van der Waals surface area contributed by atoms with E-state index in [0.29, 0.717) is 17.0 Å². The first-order valence-electron chi connectivity index (χ1n) is 9.49. The number of methoxy groups -OCH3 is 1. The molecular weight excluding hydrogens is 416 g/mol. The Morgan fingerprint density at radius 1 is 0.781 bits per heavy atom. The number of hydrogen-bond acceptors (Lipinski definition) is 5. The number of fused-ring (bicyclic) bond motifs is 1. The fraction of sp³-hybridized carbons (Fsp3) is 0.0476. The van der Waals surface area contributed by atoms with Gasteiger partial charge in [0.05, 0.1) is 23.8 Å². The maximum absolute atomic E-state index is 13.1. The highest BCUT2D eigenvalue weighted by Crippen LogP contribution is 2.37. The Balaban J connectivity index is 1.98. The molecule has 0 aliphatic heterocycles. The quantitative estimate of drug-likeness (QED) is 0.286. The van der Waals surface area contributed by atoms with Gasteiger partial charge in [-0.05, 0) is 24.3 Å². The normalized spacial score (nSPS) is 11.2. The summed E-state index contributed by atoms with van der Waals surface area (Å²) in [5, 5.41) is 0.0633. The summed E-state index contributed by atoms with van der Waals surface area (Å²) in [7, 11) is 1.52. The highest BCUT2D eigenvalue weighted by Gasteiger charge is 2.25. The van der Waals surface area contributed by atoms with Gasteiger partial charge in [-0.25, -0.2) is 9.59 Å². The predicted octanol–water partition coefficient (Wildman–Crippen LogP) is 1.05. The molecule has 1 aromatic carbocycles. The van der Waals surface area contributed by atoms with Crippen molar-refractivity contribution in [2.75, 3.05) is 7.11 Å². The van der Waals surface area contributed by atoms with E-state index in [1.165, 1.54) is 7.11 Å². The van der Waals surface area contributed by atoms with Crippen molar-refractivity contribution in [3.63, 3.8) is 0 Å². The molecule has 0 radical (unpaired) electrons. The Labute approximate surface area is 177 Å². The van der Waals surface area contributed by atoms with Crippen LogP contribution in [0.3, 0.4) is 0 Å². The topological polar surface area (TPSA) is 161 Å². The van der Waals surface area contributed by atoms with Crippen LogP contribution in [0.2, 0.25) is 0 Å². The van der Waals surface area contributed by atoms with E-state index in [1.807, 2.05) is 0 Å². The average Bonchev–Trinajstić information content (AvgIpc) is 3.41. The molecule has 11 heteroatoms. The maximum Gasteiger partial charge on any atom is 0.327 e. The number of nitrogens with zero attached hydrogens (tertiary/aromatic N) is 1. The molecule has 0 aliphatic carbocycles. The van der Waals surface area contributed by atoms with Gasteiger partial charge in [-0.15, -0.1) is 0 Å². The molecule has 0 aliphatic rings. The SMILES string of the molecule is COc1cccc(-c2[nH]c3[nH]c(=O)[nH]c(=O)c3c2-c2c(-n3cccc3)[nH]c(=O)[nH]c2=O)c1. The Morgan fingerprint density at radius 2 is 1.50 bits per heavy atom. The second-order valence-corrected chi connectivity index (χ2v) is 6.99. The minimum Gasteiger partial charge on any atom is -0.497 e. The van der Waals surface area contributed by atoms with E-state index in [-0.39, 0.29) is 28.0 Å². The maximum atomic E-state index is 13.1. The summed E-state index contributed by atoms with van der Waals surface area (Å²) >= 11 is 0. The Bertz CT molecular complexity index is 1700. The average molecular weight is 432 g/mol. The second kappa shape index (κ2) is 7.16. The molecule has 5 N–H and O–H groups in total. The van der Waals surface area contributed by atoms with Crippen LogP contribution in [0.25, 0.3) is 39.2 Å². The number of aromatic nitrogens is 6. The highest BCUT2D eigenvalue weighted by atomic mass is 16.5. The van der Waals surface area contributed by atoms with Crippen molar-refractivity contribution in [1.82, 2.24) is 29.5 Å². The summed E-state index contributed by atoms with van der Waals surface area (Å²) in [6, 6.07) is 10.4. The largest absolute Gasteiger partial charge is 0.497 e. The van der Waals surface area contributed by atoms with Crippen LogP contribution in [0, 0.1) is 0 Å². The molecule has 11 nitrogen and oxygen atoms in total. The van der Waals surface area contributed by atoms with Gasteiger partial charge in [0.1, 0.15) is 17.2 Å². The first kappa shape index (κ1) is 19.2. The van der Waals surface area contributed by atoms with Gasteiger partial charge in [-0.2, -0.15) is 0 Å². The molecule has 0 amide bonds. The molecule has 5 rings (SSSR count). The fourth-order valence-corrected chi connectivity index (χ4v) is 3.76. The lowest BCUT2D eigenvalue weighted by Gasteiger charge is -2.11. The Hall–Kier alpha value is -4.80. The molecule has 0 spiro atoms. The van der Waals surface area contributed by atoms with Crippen molar-refractivity contribution in [2.45, 2.75) is 0 Å². The standard InChI is InChI=1S/C21H16N6O5/c1-32-11-6-4-5-10(9-11)15-12(13-16(22-15)23-20(30)25-18(13)28)14-17(27-7-2-3-8-27)24-21(31)26-19(14)29/h2-9H,1H3,(H2,24,26,29,31)(H3,22,23,25,28,30). The van der Waals surface area contributed by atoms with Crippen LogP contribution in [0.5, 0.6) is 5.75 Å². The summed E-state index contributed by atoms with van der Waals surface area (Å²) in [4.78, 5) is 62.5. The van der Waals surface area contributed by atoms with Gasteiger partial charge >= 0.3 is 11.4 Å². The number of rotatable bonds is 4. The summed E-state index contributed by atoms with van der Waals surface area (Å²) in [6.07, 6.45) is 3.31. The zero-order chi connectivity index (χ0) is 22.4. The van der Waals surface area contributed by atoms with Crippen molar-refractivity contribution in [3.05, 3.63) is 90.5 Å². The number of H-pyrrole nitrogens is 5. The van der Waals surface area contributed by atoms with E-state index in [9.17, 15) is 19.2 Å². The molecule has 5 aromatic rings. The van der Waals surface area contributed by atoms with Gasteiger partial charge < -0.3 is 14.3 Å². The first-order chi connectivity index (χ1) is 15.5. The van der Waals surface area contributed by atoms with Crippen molar-refractivity contribution in [1.29, 1.82) is 0 Å². The van der Waals surface area contributed by atoms with Crippen molar-refractivity contribution >= 4 is 11.0 Å². The van der Waals surface area contributed by atoms with Gasteiger partial charge in [0.15, 0.2) is 0 Å². The minimum atomic E-state index is -0.701.